The fourth-order valence-corrected chi connectivity index (χ4v) is 5.03. The number of nitrogens with zero attached hydrogens (tertiary/aromatic N) is 4. The molecule has 0 aliphatic carbocycles. The quantitative estimate of drug-likeness (QED) is 0.451. The van der Waals surface area contributed by atoms with Gasteiger partial charge in [-0.15, -0.1) is 5.10 Å². The number of carbonyl (C=O) groups is 1. The Balaban J connectivity index is 1.31. The summed E-state index contributed by atoms with van der Waals surface area (Å²) in [6.07, 6.45) is 5.37. The van der Waals surface area contributed by atoms with Crippen molar-refractivity contribution in [1.29, 1.82) is 0 Å². The highest BCUT2D eigenvalue weighted by atomic mass is 16.5. The lowest BCUT2D eigenvalue weighted by atomic mass is 10.1. The average molecular weight is 462 g/mol. The minimum Gasteiger partial charge on any atom is -0.474 e. The molecule has 34 heavy (non-hydrogen) atoms. The molecule has 0 unspecified atom stereocenters. The zero-order valence-electron chi connectivity index (χ0n) is 19.1. The molecule has 0 saturated carbocycles. The van der Waals surface area contributed by atoms with Crippen LogP contribution in [0.2, 0.25) is 0 Å². The molecule has 9 nitrogen and oxygen atoms in total. The summed E-state index contributed by atoms with van der Waals surface area (Å²) in [7, 11) is 1.76. The van der Waals surface area contributed by atoms with Crippen LogP contribution in [-0.4, -0.2) is 59.5 Å². The van der Waals surface area contributed by atoms with Gasteiger partial charge in [-0.25, -0.2) is 9.50 Å². The maximum absolute atomic E-state index is 11.4. The highest BCUT2D eigenvalue weighted by Crippen LogP contribution is 2.37. The van der Waals surface area contributed by atoms with E-state index >= 15 is 0 Å². The van der Waals surface area contributed by atoms with Crippen molar-refractivity contribution >= 4 is 28.2 Å². The number of nitrogens with one attached hydrogen (secondary N) is 1. The van der Waals surface area contributed by atoms with E-state index in [1.54, 1.807) is 23.9 Å². The van der Waals surface area contributed by atoms with Gasteiger partial charge in [0.15, 0.2) is 11.4 Å². The number of imidazole rings is 1. The summed E-state index contributed by atoms with van der Waals surface area (Å²) in [6, 6.07) is 12.3. The molecule has 1 amide bonds. The second-order valence-electron chi connectivity index (χ2n) is 8.94. The van der Waals surface area contributed by atoms with Crippen molar-refractivity contribution in [3.05, 3.63) is 42.6 Å². The molecule has 4 aromatic rings. The van der Waals surface area contributed by atoms with Gasteiger partial charge >= 0.3 is 0 Å². The second-order valence-corrected chi connectivity index (χ2v) is 8.94. The van der Waals surface area contributed by atoms with Crippen LogP contribution in [-0.2, 0) is 9.53 Å². The number of hydrogen-bond acceptors (Lipinski definition) is 7. The smallest absolute Gasteiger partial charge is 0.231 e. The standard InChI is InChI=1S/C25H27N5O4/c1-32-15-17-4-3-11-29(17)19-5-2-6-21-18(19)12-22(34-21)20-13-26-23-8-10-25(28-30(20)23)33-14-16-7-9-24(31)27-16/h2,5-6,8,10,12-13,16-17H,3-4,7,9,11,14-15H2,1H3,(H,27,31)/t16-,17-/m1/s1. The van der Waals surface area contributed by atoms with E-state index in [0.29, 0.717) is 43.0 Å². The third-order valence-corrected chi connectivity index (χ3v) is 6.69. The SMILES string of the molecule is COC[C@H]1CCCN1c1cccc2oc(-c3cnc4ccc(OC[C@H]5CCC(=O)N5)nn34)cc12. The van der Waals surface area contributed by atoms with E-state index in [-0.39, 0.29) is 11.9 Å². The van der Waals surface area contributed by atoms with Crippen molar-refractivity contribution in [3.8, 4) is 17.3 Å². The topological polar surface area (TPSA) is 94.1 Å². The molecule has 0 bridgehead atoms. The van der Waals surface area contributed by atoms with Crippen molar-refractivity contribution < 1.29 is 18.7 Å². The Morgan fingerprint density at radius 3 is 3.00 bits per heavy atom. The number of methoxy groups -OCH3 is 1. The molecule has 2 fully saturated rings. The van der Waals surface area contributed by atoms with Crippen LogP contribution in [0.25, 0.3) is 28.1 Å². The summed E-state index contributed by atoms with van der Waals surface area (Å²) < 4.78 is 19.3. The monoisotopic (exact) mass is 461 g/mol. The van der Waals surface area contributed by atoms with Crippen LogP contribution in [0.3, 0.4) is 0 Å². The Morgan fingerprint density at radius 2 is 2.15 bits per heavy atom. The summed E-state index contributed by atoms with van der Waals surface area (Å²) in [5, 5.41) is 8.61. The summed E-state index contributed by atoms with van der Waals surface area (Å²) in [5.74, 6) is 1.25. The zero-order chi connectivity index (χ0) is 23.1. The molecule has 6 rings (SSSR count). The van der Waals surface area contributed by atoms with Crippen molar-refractivity contribution in [1.82, 2.24) is 19.9 Å². The molecule has 176 valence electrons. The maximum Gasteiger partial charge on any atom is 0.231 e. The largest absolute Gasteiger partial charge is 0.474 e. The molecule has 2 saturated heterocycles. The number of carbonyl (C=O) groups excluding carboxylic acids is 1. The van der Waals surface area contributed by atoms with Crippen molar-refractivity contribution in [3.63, 3.8) is 0 Å². The molecule has 2 atom stereocenters. The second kappa shape index (κ2) is 8.64. The fraction of sp³-hybridized carbons (Fsp3) is 0.400. The number of benzene rings is 1. The Hall–Kier alpha value is -3.59. The predicted octanol–water partition coefficient (Wildman–Crippen LogP) is 3.42. The van der Waals surface area contributed by atoms with Gasteiger partial charge in [0.05, 0.1) is 24.9 Å². The molecule has 2 aliphatic rings. The normalized spacial score (nSPS) is 20.5. The minimum atomic E-state index is 0.0218. The van der Waals surface area contributed by atoms with E-state index in [0.717, 1.165) is 48.2 Å². The number of aromatic nitrogens is 3. The van der Waals surface area contributed by atoms with Crippen LogP contribution in [0.4, 0.5) is 5.69 Å². The predicted molar refractivity (Wildman–Crippen MR) is 127 cm³/mol. The lowest BCUT2D eigenvalue weighted by molar-refractivity contribution is -0.119. The Morgan fingerprint density at radius 1 is 1.21 bits per heavy atom. The van der Waals surface area contributed by atoms with E-state index in [4.69, 9.17) is 13.9 Å². The summed E-state index contributed by atoms with van der Waals surface area (Å²) >= 11 is 0. The van der Waals surface area contributed by atoms with Gasteiger partial charge in [-0.3, -0.25) is 4.79 Å². The van der Waals surface area contributed by atoms with Gasteiger partial charge in [-0.05, 0) is 43.5 Å². The van der Waals surface area contributed by atoms with Gasteiger partial charge in [-0.2, -0.15) is 0 Å². The van der Waals surface area contributed by atoms with Crippen LogP contribution in [0.5, 0.6) is 5.88 Å². The molecular formula is C25H27N5O4. The van der Waals surface area contributed by atoms with Gasteiger partial charge in [0.25, 0.3) is 0 Å². The summed E-state index contributed by atoms with van der Waals surface area (Å²) in [6.45, 7) is 2.11. The first-order valence-electron chi connectivity index (χ1n) is 11.7. The van der Waals surface area contributed by atoms with Crippen molar-refractivity contribution in [2.45, 2.75) is 37.8 Å². The first kappa shape index (κ1) is 21.0. The first-order valence-corrected chi connectivity index (χ1v) is 11.7. The average Bonchev–Trinajstić information content (AvgIpc) is 3.63. The van der Waals surface area contributed by atoms with Gasteiger partial charge in [0.1, 0.15) is 17.9 Å². The Labute approximate surface area is 196 Å². The molecule has 9 heteroatoms. The number of fused-ring (bicyclic) bond motifs is 2. The number of hydrogen-bond donors (Lipinski definition) is 1. The van der Waals surface area contributed by atoms with E-state index < -0.39 is 0 Å². The molecule has 0 spiro atoms. The number of anilines is 1. The van der Waals surface area contributed by atoms with Crippen molar-refractivity contribution in [2.75, 3.05) is 31.8 Å². The maximum atomic E-state index is 11.4. The first-order chi connectivity index (χ1) is 16.7. The van der Waals surface area contributed by atoms with Crippen molar-refractivity contribution in [2.24, 2.45) is 0 Å². The Bertz CT molecular complexity index is 1350. The summed E-state index contributed by atoms with van der Waals surface area (Å²) in [5.41, 5.74) is 3.45. The molecule has 2 aliphatic heterocycles. The number of ether oxygens (including phenoxy) is 2. The zero-order valence-corrected chi connectivity index (χ0v) is 19.1. The Kier molecular flexibility index (Phi) is 5.33. The molecule has 1 N–H and O–H groups in total. The van der Waals surface area contributed by atoms with Crippen LogP contribution in [0.15, 0.2) is 47.0 Å². The van der Waals surface area contributed by atoms with E-state index in [9.17, 15) is 4.79 Å². The number of amides is 1. The van der Waals surface area contributed by atoms with Gasteiger partial charge in [0.2, 0.25) is 11.8 Å². The van der Waals surface area contributed by atoms with Gasteiger partial charge in [0, 0.05) is 37.2 Å². The molecular weight excluding hydrogens is 434 g/mol. The minimum absolute atomic E-state index is 0.0218. The fourth-order valence-electron chi connectivity index (χ4n) is 5.03. The van der Waals surface area contributed by atoms with Crippen LogP contribution in [0, 0.1) is 0 Å². The highest BCUT2D eigenvalue weighted by molar-refractivity contribution is 5.94. The van der Waals surface area contributed by atoms with Crippen LogP contribution < -0.4 is 15.0 Å². The van der Waals surface area contributed by atoms with Gasteiger partial charge in [-0.1, -0.05) is 6.07 Å². The van der Waals surface area contributed by atoms with Crippen LogP contribution in [0.1, 0.15) is 25.7 Å². The van der Waals surface area contributed by atoms with E-state index in [1.807, 2.05) is 18.2 Å². The third kappa shape index (κ3) is 3.75. The molecule has 5 heterocycles. The summed E-state index contributed by atoms with van der Waals surface area (Å²) in [4.78, 5) is 18.3. The molecule has 1 aromatic carbocycles. The van der Waals surface area contributed by atoms with Crippen LogP contribution >= 0.6 is 0 Å². The molecule has 3 aromatic heterocycles. The van der Waals surface area contributed by atoms with E-state index in [1.165, 1.54) is 0 Å². The highest BCUT2D eigenvalue weighted by Gasteiger charge is 2.27. The number of furan rings is 1. The number of rotatable bonds is 7. The van der Waals surface area contributed by atoms with E-state index in [2.05, 4.69) is 32.4 Å². The third-order valence-electron chi connectivity index (χ3n) is 6.69. The lowest BCUT2D eigenvalue weighted by Crippen LogP contribution is -2.32. The lowest BCUT2D eigenvalue weighted by Gasteiger charge is -2.26. The molecule has 0 radical (unpaired) electrons. The van der Waals surface area contributed by atoms with Gasteiger partial charge < -0.3 is 24.1 Å².